The first-order valence-electron chi connectivity index (χ1n) is 32.8. The van der Waals surface area contributed by atoms with Crippen LogP contribution in [-0.4, -0.2) is 260 Å². The molecule has 0 aliphatic heterocycles. The third-order valence-corrected chi connectivity index (χ3v) is 10.4. The van der Waals surface area contributed by atoms with Gasteiger partial charge in [-0.25, -0.2) is 48.7 Å². The van der Waals surface area contributed by atoms with E-state index in [-0.39, 0.29) is 298 Å². The fraction of sp³-hybridized carbons (Fsp3) is 0.892. The van der Waals surface area contributed by atoms with Gasteiger partial charge in [0, 0.05) is 86.4 Å². The van der Waals surface area contributed by atoms with Crippen LogP contribution in [0, 0.1) is 5.92 Å². The largest absolute Gasteiger partial charge is 0.447 e. The number of amides is 1. The lowest BCUT2D eigenvalue weighted by Crippen LogP contribution is -2.39. The van der Waals surface area contributed by atoms with Gasteiger partial charge in [-0.15, -0.1) is 52.6 Å². The second-order valence-corrected chi connectivity index (χ2v) is 18.2. The first-order valence-corrected chi connectivity index (χ1v) is 32.8. The lowest BCUT2D eigenvalue weighted by Gasteiger charge is -2.27. The zero-order valence-electron chi connectivity index (χ0n) is 60.2. The average molecular weight is 1790 g/mol. The Hall–Kier alpha value is -3.27. The van der Waals surface area contributed by atoms with Crippen molar-refractivity contribution < 1.29 is 120 Å². The van der Waals surface area contributed by atoms with Crippen molar-refractivity contribution in [3.05, 3.63) is 52.6 Å². The summed E-state index contributed by atoms with van der Waals surface area (Å²) < 4.78 is 87.9. The van der Waals surface area contributed by atoms with E-state index in [0.29, 0.717) is 125 Å². The molecule has 120 heavy (non-hydrogen) atoms. The molecule has 27 nitrogen and oxygen atoms in total. The van der Waals surface area contributed by atoms with E-state index < -0.39 is 30.5 Å². The van der Waals surface area contributed by atoms with Crippen molar-refractivity contribution >= 4 is 12.2 Å². The van der Waals surface area contributed by atoms with Crippen LogP contribution in [0.5, 0.6) is 0 Å². The smallest absolute Gasteiger partial charge is 0.408 e. The minimum Gasteiger partial charge on any atom is -0.447 e. The maximum atomic E-state index is 11.0. The summed E-state index contributed by atoms with van der Waals surface area (Å²) >= 11 is 0. The normalized spacial score (nSPS) is 9.95. The monoisotopic (exact) mass is 1790 g/mol. The molecule has 27 heteroatoms. The second-order valence-electron chi connectivity index (χ2n) is 18.2. The Labute approximate surface area is 761 Å². The minimum atomic E-state index is -0.628. The number of carbonyl (C=O) groups is 1. The molecule has 0 fully saturated rings. The molecular formula is C93H242N2O25. The lowest BCUT2D eigenvalue weighted by atomic mass is 10.1. The van der Waals surface area contributed by atoms with E-state index in [0.717, 1.165) is 32.1 Å². The Morgan fingerprint density at radius 2 is 0.558 bits per heavy atom. The van der Waals surface area contributed by atoms with E-state index in [1.54, 1.807) is 7.11 Å². The molecule has 0 aliphatic carbocycles. The molecule has 1 N–H and O–H groups in total. The standard InChI is InChI=1S/C46H94O21.C10H18N2O4.C2H6.4C2H4.27CH4/c1-9-47-21-17-25-51-29-41(57-27-19-23-49-11-3)31-53-33-43(34-54-32-42(58-28-20-24-50-12-4)30-52-26-18-22-48-10-2)65-44(35-55-37-45(66-61-15-7)39-63-59-13-5)36-56-38-46(67-62-16-8)40-64-60-14-6;1-8(2)4-9(15-3)5-16-10(14)12-6-11-7-13;5*1-2;;;;;;;;;;;;;;;;;;;;;;;;;;;/h41-46H,9-40H2,1-8H3;8-9H,4-6H2,1-3H3,(H,12,14);1-2H3;4*1-2H2;27*1H4. The molecule has 0 heterocycles. The van der Waals surface area contributed by atoms with E-state index in [2.05, 4.69) is 76.8 Å². The number of alkyl carbamates (subject to hydrolysis) is 1. The van der Waals surface area contributed by atoms with Gasteiger partial charge in [0.15, 0.2) is 0 Å². The number of hydrogen-bond acceptors (Lipinski definition) is 26. The van der Waals surface area contributed by atoms with E-state index >= 15 is 0 Å². The van der Waals surface area contributed by atoms with Gasteiger partial charge in [0.25, 0.3) is 0 Å². The van der Waals surface area contributed by atoms with Crippen molar-refractivity contribution in [3.8, 4) is 0 Å². The molecule has 0 radical (unpaired) electrons. The van der Waals surface area contributed by atoms with E-state index in [1.165, 1.54) is 6.08 Å². The van der Waals surface area contributed by atoms with Crippen LogP contribution in [0.1, 0.15) is 316 Å². The van der Waals surface area contributed by atoms with E-state index in [1.807, 2.05) is 69.2 Å². The molecule has 0 aromatic heterocycles. The zero-order valence-corrected chi connectivity index (χ0v) is 60.2. The Balaban J connectivity index is -0.0000000385. The number of nitrogens with zero attached hydrogens (tertiary/aromatic N) is 1. The number of isocyanates is 1. The average Bonchev–Trinajstić information content (AvgIpc) is 0.924. The molecule has 5 unspecified atom stereocenters. The van der Waals surface area contributed by atoms with Gasteiger partial charge in [-0.3, -0.25) is 0 Å². The molecule has 1 amide bonds. The fourth-order valence-electron chi connectivity index (χ4n) is 6.56. The van der Waals surface area contributed by atoms with Crippen LogP contribution in [0.15, 0.2) is 57.6 Å². The molecule has 0 bridgehead atoms. The van der Waals surface area contributed by atoms with Crippen molar-refractivity contribution in [1.29, 1.82) is 0 Å². The van der Waals surface area contributed by atoms with Crippen molar-refractivity contribution in [2.24, 2.45) is 10.9 Å². The summed E-state index contributed by atoms with van der Waals surface area (Å²) in [5.74, 6) is 0.469. The minimum absolute atomic E-state index is 0. The van der Waals surface area contributed by atoms with Gasteiger partial charge in [-0.1, -0.05) is 228 Å². The van der Waals surface area contributed by atoms with E-state index in [9.17, 15) is 9.59 Å². The van der Waals surface area contributed by atoms with Gasteiger partial charge in [0.2, 0.25) is 6.08 Å². The maximum Gasteiger partial charge on any atom is 0.408 e. The number of aliphatic imine (C=N–C) groups is 1. The summed E-state index contributed by atoms with van der Waals surface area (Å²) in [6, 6.07) is 0. The predicted molar refractivity (Wildman–Crippen MR) is 541 cm³/mol. The Kier molecular flexibility index (Phi) is 404. The molecule has 0 aliphatic rings. The molecule has 0 aromatic rings. The highest BCUT2D eigenvalue weighted by Gasteiger charge is 2.24. The van der Waals surface area contributed by atoms with Gasteiger partial charge >= 0.3 is 6.09 Å². The highest BCUT2D eigenvalue weighted by atomic mass is 17.2. The van der Waals surface area contributed by atoms with Crippen LogP contribution < -0.4 is 5.32 Å². The first kappa shape index (κ1) is 228. The molecule has 0 rings (SSSR count). The number of methoxy groups -OCH3 is 1. The van der Waals surface area contributed by atoms with Crippen molar-refractivity contribution in [2.45, 2.75) is 358 Å². The molecule has 0 saturated carbocycles. The van der Waals surface area contributed by atoms with Crippen LogP contribution >= 0.6 is 0 Å². The molecule has 774 valence electrons. The molecule has 0 saturated heterocycles. The third-order valence-electron chi connectivity index (χ3n) is 10.4. The Bertz CT molecular complexity index is 1360. The summed E-state index contributed by atoms with van der Waals surface area (Å²) in [7, 11) is 1.57. The molecule has 5 atom stereocenters. The van der Waals surface area contributed by atoms with Crippen molar-refractivity contribution in [3.63, 3.8) is 0 Å². The quantitative estimate of drug-likeness (QED) is 0.0148. The van der Waals surface area contributed by atoms with Crippen molar-refractivity contribution in [1.82, 2.24) is 5.32 Å². The lowest BCUT2D eigenvalue weighted by molar-refractivity contribution is -0.369. The van der Waals surface area contributed by atoms with Crippen LogP contribution in [0.4, 0.5) is 4.79 Å². The number of hydrogen-bond donors (Lipinski definition) is 1. The van der Waals surface area contributed by atoms with Gasteiger partial charge in [-0.05, 0) is 93.4 Å². The van der Waals surface area contributed by atoms with Gasteiger partial charge in [0.1, 0.15) is 63.1 Å². The highest BCUT2D eigenvalue weighted by Crippen LogP contribution is 2.11. The number of ether oxygens (including phenoxy) is 15. The summed E-state index contributed by atoms with van der Waals surface area (Å²) in [5, 5.41) is 2.27. The number of rotatable bonds is 65. The second kappa shape index (κ2) is 212. The first-order chi connectivity index (χ1) is 45.6. The number of carbonyl (C=O) groups excluding carboxylic acids is 2. The van der Waals surface area contributed by atoms with Crippen LogP contribution in [0.2, 0.25) is 0 Å². The van der Waals surface area contributed by atoms with Gasteiger partial charge in [0.05, 0.1) is 98.6 Å². The van der Waals surface area contributed by atoms with E-state index in [4.69, 9.17) is 110 Å². The summed E-state index contributed by atoms with van der Waals surface area (Å²) in [6.07, 6.45) is 1.34. The third kappa shape index (κ3) is 188. The number of nitrogens with one attached hydrogen (secondary N) is 1. The molecule has 0 spiro atoms. The predicted octanol–water partition coefficient (Wildman–Crippen LogP) is 27.4. The zero-order chi connectivity index (χ0) is 71.3. The van der Waals surface area contributed by atoms with Gasteiger partial charge in [-0.2, -0.15) is 4.99 Å². The summed E-state index contributed by atoms with van der Waals surface area (Å²) in [6.45, 7) is 57.8. The Morgan fingerprint density at radius 1 is 0.308 bits per heavy atom. The molecule has 0 aromatic carbocycles. The summed E-state index contributed by atoms with van der Waals surface area (Å²) in [4.78, 5) is 65.9. The fourth-order valence-corrected chi connectivity index (χ4v) is 6.56. The van der Waals surface area contributed by atoms with Crippen LogP contribution in [-0.2, 0) is 115 Å². The highest BCUT2D eigenvalue weighted by molar-refractivity contribution is 5.67. The van der Waals surface area contributed by atoms with Crippen LogP contribution in [0.3, 0.4) is 0 Å². The SMILES string of the molecule is C.C.C.C.C.C.C.C.C.C.C.C.C.C.C.C.C.C.C.C.C.C.C.C.C.C.C.C=C.C=C.C=C.C=C.CC.CCOCCCOCC(COCC(COCC(COCCCOCC)OCCCOCC)OC(COCC(COOCC)OOCC)COCC(COOCC)OOCC)OCCCOCC.COC(COC(=O)NCN=C=O)CC(C)C. The topological polar surface area (TPSA) is 271 Å². The van der Waals surface area contributed by atoms with Gasteiger partial charge < -0.3 is 76.4 Å². The molecular weight excluding hydrogens is 1550 g/mol. The maximum absolute atomic E-state index is 11.0. The van der Waals surface area contributed by atoms with Crippen LogP contribution in [0.25, 0.3) is 0 Å². The van der Waals surface area contributed by atoms with Crippen molar-refractivity contribution in [2.75, 3.05) is 205 Å². The Morgan fingerprint density at radius 3 is 0.808 bits per heavy atom. The summed E-state index contributed by atoms with van der Waals surface area (Å²) in [5.41, 5.74) is 0.